The van der Waals surface area contributed by atoms with Gasteiger partial charge in [-0.25, -0.2) is 15.0 Å². The van der Waals surface area contributed by atoms with Crippen molar-refractivity contribution in [3.8, 4) is 39.5 Å². The second-order valence-corrected chi connectivity index (χ2v) is 18.6. The molecule has 0 N–H and O–H groups in total. The molecule has 9 aromatic rings. The summed E-state index contributed by atoms with van der Waals surface area (Å²) < 4.78 is 29.5. The monoisotopic (exact) mass is 924 g/mol. The van der Waals surface area contributed by atoms with Crippen molar-refractivity contribution in [2.24, 2.45) is 5.92 Å². The van der Waals surface area contributed by atoms with Crippen LogP contribution in [0.1, 0.15) is 43.2 Å². The van der Waals surface area contributed by atoms with Crippen molar-refractivity contribution in [3.63, 3.8) is 0 Å². The first kappa shape index (κ1) is 45.6. The highest BCUT2D eigenvalue weighted by molar-refractivity contribution is 5.69. The molecular formula is C57H62FN9O2. The van der Waals surface area contributed by atoms with Gasteiger partial charge < -0.3 is 37.4 Å². The quantitative estimate of drug-likeness (QED) is 0.134. The molecule has 0 unspecified atom stereocenters. The molecule has 11 nitrogen and oxygen atoms in total. The molecule has 0 saturated carbocycles. The van der Waals surface area contributed by atoms with E-state index >= 15 is 0 Å². The number of rotatable bonds is 10. The van der Waals surface area contributed by atoms with Gasteiger partial charge in [0.25, 0.3) is 0 Å². The molecule has 0 bridgehead atoms. The molecular weight excluding hydrogens is 862 g/mol. The molecule has 6 aromatic heterocycles. The maximum absolute atomic E-state index is 12.5. The van der Waals surface area contributed by atoms with Crippen LogP contribution in [0.4, 0.5) is 21.5 Å². The van der Waals surface area contributed by atoms with Crippen LogP contribution < -0.4 is 19.4 Å². The zero-order chi connectivity index (χ0) is 47.3. The molecule has 12 heteroatoms. The minimum atomic E-state index is -0.188. The van der Waals surface area contributed by atoms with Gasteiger partial charge in [-0.05, 0) is 82.2 Å². The molecule has 0 spiro atoms. The summed E-state index contributed by atoms with van der Waals surface area (Å²) in [5.41, 5.74) is 15.5. The minimum absolute atomic E-state index is 0.188. The highest BCUT2D eigenvalue weighted by Gasteiger charge is 2.23. The lowest BCUT2D eigenvalue weighted by Crippen LogP contribution is -2.36. The van der Waals surface area contributed by atoms with Gasteiger partial charge in [0, 0.05) is 136 Å². The fraction of sp³-hybridized carbons (Fsp3) is 0.316. The Kier molecular flexibility index (Phi) is 13.6. The smallest absolute Gasteiger partial charge is 0.139 e. The van der Waals surface area contributed by atoms with Crippen LogP contribution in [0.2, 0.25) is 0 Å². The Morgan fingerprint density at radius 2 is 1.01 bits per heavy atom. The van der Waals surface area contributed by atoms with Crippen molar-refractivity contribution in [2.75, 3.05) is 74.9 Å². The number of methoxy groups -OCH3 is 2. The van der Waals surface area contributed by atoms with Crippen molar-refractivity contribution in [1.82, 2.24) is 28.2 Å². The number of benzene rings is 3. The van der Waals surface area contributed by atoms with Gasteiger partial charge in [-0.3, -0.25) is 4.39 Å². The number of hydrogen-bond donors (Lipinski definition) is 0. The minimum Gasteiger partial charge on any atom is -0.497 e. The van der Waals surface area contributed by atoms with E-state index in [1.165, 1.54) is 34.6 Å². The van der Waals surface area contributed by atoms with E-state index in [1.807, 2.05) is 18.2 Å². The van der Waals surface area contributed by atoms with Crippen molar-refractivity contribution >= 4 is 34.0 Å². The van der Waals surface area contributed by atoms with Crippen molar-refractivity contribution < 1.29 is 13.9 Å². The Balaban J connectivity index is 0.000000121. The molecule has 3 aliphatic rings. The van der Waals surface area contributed by atoms with Crippen LogP contribution in [0, 0.1) is 19.8 Å². The van der Waals surface area contributed by atoms with Gasteiger partial charge in [-0.1, -0.05) is 71.8 Å². The standard InChI is InChI=1S/C21H24FN3.C19H21N3O.C17H17N3O/c1-16-2-4-18(5-3-16)20-15-25-13-9-19(14-21(25)23-20)24-11-7-17(6-10-22)8-12-24;1-14-3-5-15(6-4-14)18-13-22-9-7-16(11-19(22)20-18)21-10-8-17(12-21)23-2;1-21-15-5-2-4-13(10-15)16-12-20-9-6-14(11-17(20)18-16)19-7-3-8-19/h2-5,9,13-15,17H,6-8,10-12H2,1H3;3-7,9,11,13,17H,8,10,12H2,1-2H3;2,4-6,9-12H,3,7-8H2,1H3/t;17-;/m.0./s1. The fourth-order valence-electron chi connectivity index (χ4n) is 9.52. The Morgan fingerprint density at radius 3 is 1.46 bits per heavy atom. The zero-order valence-corrected chi connectivity index (χ0v) is 40.2. The molecule has 3 aliphatic heterocycles. The third-order valence-corrected chi connectivity index (χ3v) is 14.0. The van der Waals surface area contributed by atoms with Crippen LogP contribution in [-0.2, 0) is 4.74 Å². The Hall–Kier alpha value is -7.18. The topological polar surface area (TPSA) is 80.1 Å². The summed E-state index contributed by atoms with van der Waals surface area (Å²) in [6.07, 6.45) is 18.1. The van der Waals surface area contributed by atoms with Crippen LogP contribution in [0.5, 0.6) is 5.75 Å². The number of hydrogen-bond acceptors (Lipinski definition) is 8. The molecule has 354 valence electrons. The molecule has 0 radical (unpaired) electrons. The molecule has 3 fully saturated rings. The number of nitrogens with zero attached hydrogens (tertiary/aromatic N) is 9. The number of ether oxygens (including phenoxy) is 2. The van der Waals surface area contributed by atoms with Crippen LogP contribution in [0.25, 0.3) is 50.7 Å². The lowest BCUT2D eigenvalue weighted by molar-refractivity contribution is 0.121. The Morgan fingerprint density at radius 1 is 0.536 bits per heavy atom. The third kappa shape index (κ3) is 10.5. The first-order valence-corrected chi connectivity index (χ1v) is 24.4. The van der Waals surface area contributed by atoms with Gasteiger partial charge in [-0.15, -0.1) is 0 Å². The van der Waals surface area contributed by atoms with Crippen LogP contribution in [0.3, 0.4) is 0 Å². The van der Waals surface area contributed by atoms with E-state index in [9.17, 15) is 4.39 Å². The lowest BCUT2D eigenvalue weighted by Gasteiger charge is -2.33. The molecule has 9 heterocycles. The van der Waals surface area contributed by atoms with Crippen LogP contribution in [-0.4, -0.2) is 94.4 Å². The summed E-state index contributed by atoms with van der Waals surface area (Å²) in [5, 5.41) is 0. The van der Waals surface area contributed by atoms with E-state index in [2.05, 4.69) is 170 Å². The van der Waals surface area contributed by atoms with E-state index < -0.39 is 0 Å². The van der Waals surface area contributed by atoms with Crippen molar-refractivity contribution in [2.45, 2.75) is 52.1 Å². The lowest BCUT2D eigenvalue weighted by atomic mass is 9.94. The molecule has 0 amide bonds. The van der Waals surface area contributed by atoms with E-state index in [-0.39, 0.29) is 6.67 Å². The summed E-state index contributed by atoms with van der Waals surface area (Å²) in [7, 11) is 3.47. The largest absolute Gasteiger partial charge is 0.497 e. The molecule has 0 aliphatic carbocycles. The van der Waals surface area contributed by atoms with Gasteiger partial charge in [-0.2, -0.15) is 0 Å². The number of aromatic nitrogens is 6. The van der Waals surface area contributed by atoms with Gasteiger partial charge in [0.05, 0.1) is 37.0 Å². The Labute approximate surface area is 404 Å². The summed E-state index contributed by atoms with van der Waals surface area (Å²) in [6.45, 7) is 10.3. The van der Waals surface area contributed by atoms with Crippen molar-refractivity contribution in [3.05, 3.63) is 158 Å². The molecule has 3 aromatic carbocycles. The second-order valence-electron chi connectivity index (χ2n) is 18.6. The number of fused-ring (bicyclic) bond motifs is 3. The summed E-state index contributed by atoms with van der Waals surface area (Å²) >= 11 is 0. The average Bonchev–Trinajstić information content (AvgIpc) is 4.20. The number of anilines is 3. The first-order valence-electron chi connectivity index (χ1n) is 24.4. The first-order chi connectivity index (χ1) is 33.8. The third-order valence-electron chi connectivity index (χ3n) is 14.0. The van der Waals surface area contributed by atoms with Gasteiger partial charge in [0.2, 0.25) is 0 Å². The number of pyridine rings is 3. The number of piperidine rings is 1. The molecule has 1 atom stereocenters. The fourth-order valence-corrected chi connectivity index (χ4v) is 9.52. The van der Waals surface area contributed by atoms with E-state index in [0.29, 0.717) is 18.4 Å². The van der Waals surface area contributed by atoms with Crippen LogP contribution >= 0.6 is 0 Å². The zero-order valence-electron chi connectivity index (χ0n) is 40.2. The number of halogens is 1. The molecule has 12 rings (SSSR count). The molecule has 69 heavy (non-hydrogen) atoms. The number of aryl methyl sites for hydroxylation is 2. The summed E-state index contributed by atoms with van der Waals surface area (Å²) in [4.78, 5) is 21.5. The normalized spacial score (nSPS) is 16.1. The highest BCUT2D eigenvalue weighted by atomic mass is 19.1. The van der Waals surface area contributed by atoms with E-state index in [4.69, 9.17) is 24.4 Å². The number of imidazole rings is 3. The maximum atomic E-state index is 12.5. The highest BCUT2D eigenvalue weighted by Crippen LogP contribution is 2.30. The second kappa shape index (κ2) is 20.6. The SMILES string of the molecule is CO[C@H]1CCN(c2ccn3cc(-c4ccc(C)cc4)nc3c2)C1.COc1cccc(-c2cn3ccc(N4CCC4)cc3n2)c1.Cc1ccc(-c2cn3ccc(N4CCC(CCF)CC4)cc3n2)cc1. The van der Waals surface area contributed by atoms with E-state index in [1.54, 1.807) is 14.2 Å². The molecule has 3 saturated heterocycles. The average molecular weight is 924 g/mol. The predicted molar refractivity (Wildman–Crippen MR) is 278 cm³/mol. The maximum Gasteiger partial charge on any atom is 0.139 e. The Bertz CT molecular complexity index is 3130. The number of alkyl halides is 1. The van der Waals surface area contributed by atoms with E-state index in [0.717, 1.165) is 115 Å². The summed E-state index contributed by atoms with van der Waals surface area (Å²) in [5.74, 6) is 1.40. The van der Waals surface area contributed by atoms with Gasteiger partial charge in [0.1, 0.15) is 22.7 Å². The van der Waals surface area contributed by atoms with Gasteiger partial charge in [0.15, 0.2) is 0 Å². The van der Waals surface area contributed by atoms with Crippen LogP contribution in [0.15, 0.2) is 146 Å². The summed E-state index contributed by atoms with van der Waals surface area (Å²) in [6, 6.07) is 37.9. The predicted octanol–water partition coefficient (Wildman–Crippen LogP) is 11.6. The van der Waals surface area contributed by atoms with Crippen molar-refractivity contribution in [1.29, 1.82) is 0 Å². The van der Waals surface area contributed by atoms with Gasteiger partial charge >= 0.3 is 0 Å².